The summed E-state index contributed by atoms with van der Waals surface area (Å²) in [5, 5.41) is 7.82. The van der Waals surface area contributed by atoms with E-state index >= 15 is 0 Å². The zero-order chi connectivity index (χ0) is 19.8. The van der Waals surface area contributed by atoms with Crippen molar-refractivity contribution >= 4 is 5.97 Å². The third-order valence-corrected chi connectivity index (χ3v) is 2.00. The first-order valence-electron chi connectivity index (χ1n) is 5.05. The van der Waals surface area contributed by atoms with Gasteiger partial charge in [-0.05, 0) is 0 Å². The molecule has 16 heteroatoms. The molecule has 0 fully saturated rings. The number of hydrogen-bond donors (Lipinski definition) is 1. The Morgan fingerprint density at radius 3 is 1.67 bits per heavy atom. The summed E-state index contributed by atoms with van der Waals surface area (Å²) in [5.41, 5.74) is 0. The van der Waals surface area contributed by atoms with Crippen LogP contribution in [0.4, 0.5) is 52.7 Å². The Kier molecular flexibility index (Phi) is 6.06. The second-order valence-electron chi connectivity index (χ2n) is 3.88. The molecule has 0 aromatic carbocycles. The summed E-state index contributed by atoms with van der Waals surface area (Å²) in [5.74, 6) is -15.3. The van der Waals surface area contributed by atoms with Crippen molar-refractivity contribution in [2.24, 2.45) is 0 Å². The van der Waals surface area contributed by atoms with Crippen LogP contribution in [0.1, 0.15) is 0 Å². The highest BCUT2D eigenvalue weighted by Crippen LogP contribution is 2.48. The molecule has 24 heavy (non-hydrogen) atoms. The summed E-state index contributed by atoms with van der Waals surface area (Å²) in [4.78, 5) is 9.83. The number of carbonyl (C=O) groups is 1. The van der Waals surface area contributed by atoms with Gasteiger partial charge in [0.2, 0.25) is 0 Å². The molecule has 1 atom stereocenters. The van der Waals surface area contributed by atoms with Crippen LogP contribution in [0.25, 0.3) is 0 Å². The number of ether oxygens (including phenoxy) is 2. The number of carboxylic acids is 1. The summed E-state index contributed by atoms with van der Waals surface area (Å²) in [6.45, 7) is -2.83. The summed E-state index contributed by atoms with van der Waals surface area (Å²) in [7, 11) is 0. The normalized spacial score (nSPS) is 16.2. The van der Waals surface area contributed by atoms with Crippen molar-refractivity contribution in [3.05, 3.63) is 0 Å². The Morgan fingerprint density at radius 1 is 0.917 bits per heavy atom. The van der Waals surface area contributed by atoms with Gasteiger partial charge in [-0.15, -0.1) is 0 Å². The number of alkyl halides is 12. The van der Waals surface area contributed by atoms with E-state index in [0.717, 1.165) is 0 Å². The van der Waals surface area contributed by atoms with Crippen molar-refractivity contribution in [2.75, 3.05) is 6.61 Å². The van der Waals surface area contributed by atoms with Crippen LogP contribution in [0.3, 0.4) is 0 Å². The highest BCUT2D eigenvalue weighted by atomic mass is 19.4. The average molecular weight is 392 g/mol. The largest absolute Gasteiger partial charge is 0.477 e. The maximum atomic E-state index is 12.7. The lowest BCUT2D eigenvalue weighted by atomic mass is 10.3. The maximum absolute atomic E-state index is 12.7. The first-order chi connectivity index (χ1) is 10.3. The number of rotatable bonds is 8. The molecule has 0 rings (SSSR count). The van der Waals surface area contributed by atoms with Crippen LogP contribution >= 0.6 is 0 Å². The van der Waals surface area contributed by atoms with Gasteiger partial charge in [0, 0.05) is 0 Å². The minimum Gasteiger partial charge on any atom is -0.477 e. The molecule has 1 N–H and O–H groups in total. The monoisotopic (exact) mass is 392 g/mol. The zero-order valence-electron chi connectivity index (χ0n) is 10.5. The Hall–Kier alpha value is -1.45. The molecular weight excluding hydrogens is 388 g/mol. The van der Waals surface area contributed by atoms with Crippen molar-refractivity contribution in [1.82, 2.24) is 0 Å². The van der Waals surface area contributed by atoms with E-state index in [1.165, 1.54) is 0 Å². The van der Waals surface area contributed by atoms with Crippen molar-refractivity contribution in [2.45, 2.75) is 36.6 Å². The van der Waals surface area contributed by atoms with E-state index in [0.29, 0.717) is 0 Å². The summed E-state index contributed by atoms with van der Waals surface area (Å²) in [6, 6.07) is 0. The Labute approximate surface area is 122 Å². The van der Waals surface area contributed by atoms with Crippen molar-refractivity contribution in [3.63, 3.8) is 0 Å². The van der Waals surface area contributed by atoms with E-state index in [2.05, 4.69) is 4.74 Å². The second-order valence-corrected chi connectivity index (χ2v) is 3.88. The molecule has 0 heterocycles. The van der Waals surface area contributed by atoms with Gasteiger partial charge in [0.25, 0.3) is 6.36 Å². The third-order valence-electron chi connectivity index (χ3n) is 2.00. The quantitative estimate of drug-likeness (QED) is 0.644. The first-order valence-corrected chi connectivity index (χ1v) is 5.05. The van der Waals surface area contributed by atoms with Gasteiger partial charge < -0.3 is 9.84 Å². The molecule has 1 unspecified atom stereocenters. The number of halogens is 12. The molecule has 4 nitrogen and oxygen atoms in total. The topological polar surface area (TPSA) is 55.8 Å². The van der Waals surface area contributed by atoms with Crippen molar-refractivity contribution in [3.8, 4) is 0 Å². The standard InChI is InChI=1S/C8H4F12O4/c9-2(5(12,13)23-1-4(10,11)3(21)22)24-8(19,20)6(14,15)7(16,17)18/h2H,1H2,(H,21,22). The molecule has 144 valence electrons. The average Bonchev–Trinajstić information content (AvgIpc) is 2.34. The molecule has 0 saturated heterocycles. The van der Waals surface area contributed by atoms with Crippen LogP contribution in [0.2, 0.25) is 0 Å². The van der Waals surface area contributed by atoms with E-state index in [9.17, 15) is 57.5 Å². The Bertz CT molecular complexity index is 458. The predicted molar refractivity (Wildman–Crippen MR) is 45.4 cm³/mol. The lowest BCUT2D eigenvalue weighted by Gasteiger charge is -2.30. The molecule has 0 aliphatic carbocycles. The fourth-order valence-corrected chi connectivity index (χ4v) is 0.752. The molecule has 0 spiro atoms. The van der Waals surface area contributed by atoms with Gasteiger partial charge in [0.15, 0.2) is 0 Å². The van der Waals surface area contributed by atoms with E-state index in [1.807, 2.05) is 4.74 Å². The van der Waals surface area contributed by atoms with Crippen LogP contribution in [0.5, 0.6) is 0 Å². The van der Waals surface area contributed by atoms with Crippen LogP contribution < -0.4 is 0 Å². The van der Waals surface area contributed by atoms with Crippen molar-refractivity contribution < 1.29 is 72.1 Å². The highest BCUT2D eigenvalue weighted by Gasteiger charge is 2.76. The first kappa shape index (κ1) is 22.6. The predicted octanol–water partition coefficient (Wildman–Crippen LogP) is 3.42. The fraction of sp³-hybridized carbons (Fsp3) is 0.875. The molecule has 0 aromatic heterocycles. The summed E-state index contributed by atoms with van der Waals surface area (Å²) >= 11 is 0. The molecule has 0 amide bonds. The number of aliphatic carboxylic acids is 1. The van der Waals surface area contributed by atoms with Gasteiger partial charge in [-0.3, -0.25) is 4.74 Å². The molecule has 0 aromatic rings. The molecule has 0 saturated carbocycles. The van der Waals surface area contributed by atoms with Gasteiger partial charge >= 0.3 is 36.2 Å². The van der Waals surface area contributed by atoms with Gasteiger partial charge in [0.05, 0.1) is 0 Å². The fourth-order valence-electron chi connectivity index (χ4n) is 0.752. The SMILES string of the molecule is O=C(O)C(F)(F)COC(F)(F)C(F)OC(F)(F)C(F)(F)C(F)(F)F. The summed E-state index contributed by atoms with van der Waals surface area (Å²) < 4.78 is 152. The third kappa shape index (κ3) is 4.78. The Balaban J connectivity index is 5.14. The molecule has 0 radical (unpaired) electrons. The maximum Gasteiger partial charge on any atom is 0.462 e. The molecule has 0 aliphatic heterocycles. The smallest absolute Gasteiger partial charge is 0.462 e. The van der Waals surface area contributed by atoms with Crippen LogP contribution in [0, 0.1) is 0 Å². The molecular formula is C8H4F12O4. The van der Waals surface area contributed by atoms with E-state index in [4.69, 9.17) is 5.11 Å². The lowest BCUT2D eigenvalue weighted by molar-refractivity contribution is -0.466. The van der Waals surface area contributed by atoms with E-state index < -0.39 is 49.2 Å². The molecule has 0 bridgehead atoms. The summed E-state index contributed by atoms with van der Waals surface area (Å²) in [6.07, 6.45) is -24.9. The van der Waals surface area contributed by atoms with Crippen LogP contribution in [-0.2, 0) is 14.3 Å². The molecule has 0 aliphatic rings. The lowest BCUT2D eigenvalue weighted by Crippen LogP contribution is -2.56. The minimum absolute atomic E-state index is 1.98. The zero-order valence-corrected chi connectivity index (χ0v) is 10.5. The second kappa shape index (κ2) is 6.45. The van der Waals surface area contributed by atoms with Gasteiger partial charge in [-0.2, -0.15) is 48.3 Å². The van der Waals surface area contributed by atoms with Crippen molar-refractivity contribution in [1.29, 1.82) is 0 Å². The van der Waals surface area contributed by atoms with Gasteiger partial charge in [0.1, 0.15) is 6.61 Å². The number of hydrogen-bond acceptors (Lipinski definition) is 3. The van der Waals surface area contributed by atoms with Gasteiger partial charge in [-0.1, -0.05) is 0 Å². The van der Waals surface area contributed by atoms with Gasteiger partial charge in [-0.25, -0.2) is 9.18 Å². The highest BCUT2D eigenvalue weighted by molar-refractivity contribution is 5.75. The van der Waals surface area contributed by atoms with Crippen LogP contribution in [0.15, 0.2) is 0 Å². The minimum atomic E-state index is -7.12. The van der Waals surface area contributed by atoms with E-state index in [-0.39, 0.29) is 0 Å². The Morgan fingerprint density at radius 2 is 1.33 bits per heavy atom. The van der Waals surface area contributed by atoms with Crippen LogP contribution in [-0.4, -0.2) is 54.3 Å². The van der Waals surface area contributed by atoms with E-state index in [1.54, 1.807) is 0 Å². The number of carboxylic acid groups (broad SMARTS) is 1.